The lowest BCUT2D eigenvalue weighted by molar-refractivity contribution is -0.122. The second kappa shape index (κ2) is 7.22. The number of fused-ring (bicyclic) bond motifs is 3. The molecule has 3 heterocycles. The fourth-order valence-corrected chi connectivity index (χ4v) is 4.94. The van der Waals surface area contributed by atoms with E-state index in [1.807, 2.05) is 35.2 Å². The second-order valence-electron chi connectivity index (χ2n) is 7.66. The number of carbonyl (C=O) groups excluding carboxylic acids is 2. The molecule has 7 heteroatoms. The quantitative estimate of drug-likeness (QED) is 0.860. The maximum atomic E-state index is 13.0. The molecule has 1 saturated carbocycles. The first-order chi connectivity index (χ1) is 13.7. The predicted octanol–water partition coefficient (Wildman–Crippen LogP) is 2.34. The Hall–Kier alpha value is -2.38. The summed E-state index contributed by atoms with van der Waals surface area (Å²) in [5.41, 5.74) is 2.15. The number of ether oxygens (including phenoxy) is 1. The van der Waals surface area contributed by atoms with Gasteiger partial charge in [-0.3, -0.25) is 14.5 Å². The maximum absolute atomic E-state index is 13.0. The molecule has 2 fully saturated rings. The van der Waals surface area contributed by atoms with Gasteiger partial charge in [-0.1, -0.05) is 12.1 Å². The van der Waals surface area contributed by atoms with Crippen LogP contribution in [0, 0.1) is 0 Å². The summed E-state index contributed by atoms with van der Waals surface area (Å²) >= 11 is 1.56. The van der Waals surface area contributed by atoms with Gasteiger partial charge in [-0.2, -0.15) is 0 Å². The van der Waals surface area contributed by atoms with Gasteiger partial charge in [0.15, 0.2) is 0 Å². The van der Waals surface area contributed by atoms with E-state index in [0.29, 0.717) is 32.3 Å². The fraction of sp³-hybridized carbons (Fsp3) is 0.429. The van der Waals surface area contributed by atoms with Crippen LogP contribution in [-0.4, -0.2) is 60.4 Å². The number of hydrogen-bond acceptors (Lipinski definition) is 5. The van der Waals surface area contributed by atoms with Gasteiger partial charge >= 0.3 is 0 Å². The summed E-state index contributed by atoms with van der Waals surface area (Å²) in [6.07, 6.45) is 2.21. The molecule has 1 saturated heterocycles. The molecule has 1 N–H and O–H groups in total. The molecule has 0 radical (unpaired) electrons. The van der Waals surface area contributed by atoms with E-state index in [-0.39, 0.29) is 11.8 Å². The number of rotatable bonds is 4. The molecule has 6 nitrogen and oxygen atoms in total. The molecule has 2 amide bonds. The van der Waals surface area contributed by atoms with Crippen molar-refractivity contribution in [2.45, 2.75) is 25.5 Å². The van der Waals surface area contributed by atoms with Crippen LogP contribution in [0.15, 0.2) is 30.3 Å². The summed E-state index contributed by atoms with van der Waals surface area (Å²) in [5.74, 6) is 1.07. The van der Waals surface area contributed by atoms with E-state index in [1.165, 1.54) is 0 Å². The van der Waals surface area contributed by atoms with Gasteiger partial charge < -0.3 is 15.0 Å². The fourth-order valence-electron chi connectivity index (χ4n) is 3.77. The average molecular weight is 398 g/mol. The van der Waals surface area contributed by atoms with Gasteiger partial charge in [-0.15, -0.1) is 11.3 Å². The number of amides is 2. The lowest BCUT2D eigenvalue weighted by Crippen LogP contribution is -2.51. The van der Waals surface area contributed by atoms with Crippen molar-refractivity contribution >= 4 is 23.2 Å². The third-order valence-electron chi connectivity index (χ3n) is 5.50. The molecular formula is C21H23N3O3S. The van der Waals surface area contributed by atoms with E-state index in [1.54, 1.807) is 11.3 Å². The number of nitrogens with one attached hydrogen (secondary N) is 1. The summed E-state index contributed by atoms with van der Waals surface area (Å²) in [7, 11) is 0. The molecule has 3 aliphatic rings. The maximum Gasteiger partial charge on any atom is 0.264 e. The highest BCUT2D eigenvalue weighted by Crippen LogP contribution is 2.42. The molecule has 28 heavy (non-hydrogen) atoms. The topological polar surface area (TPSA) is 61.9 Å². The third kappa shape index (κ3) is 3.52. The van der Waals surface area contributed by atoms with Gasteiger partial charge in [0.05, 0.1) is 11.4 Å². The molecule has 2 aliphatic heterocycles. The Labute approximate surface area is 168 Å². The van der Waals surface area contributed by atoms with E-state index in [4.69, 9.17) is 4.74 Å². The molecule has 0 spiro atoms. The number of nitrogens with zero attached hydrogens (tertiary/aromatic N) is 2. The van der Waals surface area contributed by atoms with Crippen LogP contribution in [0.1, 0.15) is 28.1 Å². The Bertz CT molecular complexity index is 913. The molecule has 5 rings (SSSR count). The average Bonchev–Trinajstić information content (AvgIpc) is 3.41. The van der Waals surface area contributed by atoms with Crippen LogP contribution in [0.5, 0.6) is 5.75 Å². The Morgan fingerprint density at radius 2 is 1.93 bits per heavy atom. The van der Waals surface area contributed by atoms with Crippen molar-refractivity contribution in [3.63, 3.8) is 0 Å². The summed E-state index contributed by atoms with van der Waals surface area (Å²) in [4.78, 5) is 30.9. The van der Waals surface area contributed by atoms with Gasteiger partial charge in [-0.25, -0.2) is 0 Å². The first-order valence-electron chi connectivity index (χ1n) is 9.83. The first kappa shape index (κ1) is 17.7. The predicted molar refractivity (Wildman–Crippen MR) is 108 cm³/mol. The van der Waals surface area contributed by atoms with Crippen LogP contribution in [-0.2, 0) is 11.4 Å². The van der Waals surface area contributed by atoms with Crippen molar-refractivity contribution < 1.29 is 14.3 Å². The first-order valence-corrected chi connectivity index (χ1v) is 10.6. The minimum atomic E-state index is 0.0824. The standard InChI is InChI=1S/C21H23N3O3S/c25-19(22-15-5-6-15)12-23-7-9-24(10-8-23)21(26)18-11-14-13-27-17-4-2-1-3-16(17)20(14)28-18/h1-4,11,15H,5-10,12-13H2,(H,22,25). The zero-order valence-corrected chi connectivity index (χ0v) is 16.5. The smallest absolute Gasteiger partial charge is 0.264 e. The Kier molecular flexibility index (Phi) is 4.56. The minimum absolute atomic E-state index is 0.0824. The molecule has 1 aliphatic carbocycles. The van der Waals surface area contributed by atoms with Gasteiger partial charge in [0.1, 0.15) is 12.4 Å². The second-order valence-corrected chi connectivity index (χ2v) is 8.71. The molecular weight excluding hydrogens is 374 g/mol. The van der Waals surface area contributed by atoms with Crippen molar-refractivity contribution in [3.05, 3.63) is 40.8 Å². The molecule has 146 valence electrons. The van der Waals surface area contributed by atoms with Crippen molar-refractivity contribution in [1.29, 1.82) is 0 Å². The number of piperazine rings is 1. The zero-order chi connectivity index (χ0) is 19.1. The van der Waals surface area contributed by atoms with Gasteiger partial charge in [-0.05, 0) is 31.0 Å². The van der Waals surface area contributed by atoms with Crippen molar-refractivity contribution in [1.82, 2.24) is 15.1 Å². The van der Waals surface area contributed by atoms with Crippen molar-refractivity contribution in [3.8, 4) is 16.2 Å². The van der Waals surface area contributed by atoms with Crippen LogP contribution in [0.3, 0.4) is 0 Å². The monoisotopic (exact) mass is 397 g/mol. The van der Waals surface area contributed by atoms with Crippen LogP contribution in [0.4, 0.5) is 0 Å². The molecule has 0 unspecified atom stereocenters. The largest absolute Gasteiger partial charge is 0.488 e. The zero-order valence-electron chi connectivity index (χ0n) is 15.6. The van der Waals surface area contributed by atoms with E-state index >= 15 is 0 Å². The van der Waals surface area contributed by atoms with Crippen molar-refractivity contribution in [2.75, 3.05) is 32.7 Å². The Morgan fingerprint density at radius 1 is 1.14 bits per heavy atom. The van der Waals surface area contributed by atoms with E-state index in [0.717, 1.165) is 52.6 Å². The summed E-state index contributed by atoms with van der Waals surface area (Å²) in [5, 5.41) is 3.03. The lowest BCUT2D eigenvalue weighted by Gasteiger charge is -2.34. The third-order valence-corrected chi connectivity index (χ3v) is 6.70. The SMILES string of the molecule is O=C(CN1CCN(C(=O)c2cc3c(s2)-c2ccccc2OC3)CC1)NC1CC1. The van der Waals surface area contributed by atoms with Crippen LogP contribution >= 0.6 is 11.3 Å². The number of hydrogen-bond donors (Lipinski definition) is 1. The highest BCUT2D eigenvalue weighted by atomic mass is 32.1. The number of para-hydroxylation sites is 1. The van der Waals surface area contributed by atoms with Gasteiger partial charge in [0.2, 0.25) is 5.91 Å². The van der Waals surface area contributed by atoms with Crippen LogP contribution in [0.25, 0.3) is 10.4 Å². The summed E-state index contributed by atoms with van der Waals surface area (Å²) in [6.45, 7) is 3.73. The Morgan fingerprint density at radius 3 is 2.71 bits per heavy atom. The summed E-state index contributed by atoms with van der Waals surface area (Å²) < 4.78 is 5.81. The van der Waals surface area contributed by atoms with Gasteiger partial charge in [0, 0.05) is 48.2 Å². The molecule has 2 aromatic rings. The molecule has 1 aromatic carbocycles. The number of thiophene rings is 1. The lowest BCUT2D eigenvalue weighted by atomic mass is 10.1. The Balaban J connectivity index is 1.22. The highest BCUT2D eigenvalue weighted by Gasteiger charge is 2.28. The molecule has 0 bridgehead atoms. The van der Waals surface area contributed by atoms with Crippen molar-refractivity contribution in [2.24, 2.45) is 0 Å². The number of benzene rings is 1. The number of carbonyl (C=O) groups is 2. The molecule has 1 aromatic heterocycles. The van der Waals surface area contributed by atoms with E-state index < -0.39 is 0 Å². The minimum Gasteiger partial charge on any atom is -0.488 e. The van der Waals surface area contributed by atoms with Crippen LogP contribution in [0.2, 0.25) is 0 Å². The van der Waals surface area contributed by atoms with E-state index in [9.17, 15) is 9.59 Å². The highest BCUT2D eigenvalue weighted by molar-refractivity contribution is 7.17. The molecule has 0 atom stereocenters. The summed E-state index contributed by atoms with van der Waals surface area (Å²) in [6, 6.07) is 10.4. The van der Waals surface area contributed by atoms with Crippen LogP contribution < -0.4 is 10.1 Å². The van der Waals surface area contributed by atoms with Gasteiger partial charge in [0.25, 0.3) is 5.91 Å². The normalized spacial score (nSPS) is 18.8. The van der Waals surface area contributed by atoms with E-state index in [2.05, 4.69) is 10.2 Å².